The molecule has 0 fully saturated rings. The highest BCUT2D eigenvalue weighted by atomic mass is 16.6. The van der Waals surface area contributed by atoms with Gasteiger partial charge in [-0.3, -0.25) is 14.8 Å². The molecule has 20 heavy (non-hydrogen) atoms. The fourth-order valence-electron chi connectivity index (χ4n) is 1.71. The van der Waals surface area contributed by atoms with E-state index in [-0.39, 0.29) is 17.3 Å². The summed E-state index contributed by atoms with van der Waals surface area (Å²) in [5.41, 5.74) is 2.93. The Morgan fingerprint density at radius 2 is 2.20 bits per heavy atom. The van der Waals surface area contributed by atoms with Gasteiger partial charge in [0.2, 0.25) is 11.6 Å². The van der Waals surface area contributed by atoms with Crippen LogP contribution in [0.2, 0.25) is 0 Å². The maximum absolute atomic E-state index is 11.0. The van der Waals surface area contributed by atoms with Crippen LogP contribution in [-0.2, 0) is 13.5 Å². The van der Waals surface area contributed by atoms with E-state index in [1.54, 1.807) is 10.9 Å². The lowest BCUT2D eigenvalue weighted by molar-refractivity contribution is -0.383. The Morgan fingerprint density at radius 1 is 1.45 bits per heavy atom. The SMILES string of the molecule is Cn1cc(CCNc2ncnc(NN)c2[N+](=O)[O-])cn1. The molecule has 0 unspecified atom stereocenters. The summed E-state index contributed by atoms with van der Waals surface area (Å²) in [6.07, 6.45) is 5.49. The van der Waals surface area contributed by atoms with Crippen LogP contribution in [-0.4, -0.2) is 31.2 Å². The Morgan fingerprint density at radius 3 is 2.80 bits per heavy atom. The van der Waals surface area contributed by atoms with Crippen LogP contribution < -0.4 is 16.6 Å². The zero-order valence-electron chi connectivity index (χ0n) is 10.8. The first-order valence-electron chi connectivity index (χ1n) is 5.79. The van der Waals surface area contributed by atoms with E-state index in [0.29, 0.717) is 13.0 Å². The fourth-order valence-corrected chi connectivity index (χ4v) is 1.71. The fraction of sp³-hybridized carbons (Fsp3) is 0.300. The van der Waals surface area contributed by atoms with Crippen LogP contribution in [0.3, 0.4) is 0 Å². The highest BCUT2D eigenvalue weighted by molar-refractivity contribution is 5.68. The predicted octanol–water partition coefficient (Wildman–Crippen LogP) is 0.0585. The zero-order chi connectivity index (χ0) is 14.5. The number of nitrogen functional groups attached to an aromatic ring is 1. The van der Waals surface area contributed by atoms with Gasteiger partial charge in [0.05, 0.1) is 11.1 Å². The van der Waals surface area contributed by atoms with Gasteiger partial charge in [0.1, 0.15) is 6.33 Å². The Hall–Kier alpha value is -2.75. The molecule has 4 N–H and O–H groups in total. The van der Waals surface area contributed by atoms with Gasteiger partial charge >= 0.3 is 5.69 Å². The monoisotopic (exact) mass is 278 g/mol. The van der Waals surface area contributed by atoms with Crippen molar-refractivity contribution in [3.05, 3.63) is 34.4 Å². The van der Waals surface area contributed by atoms with Gasteiger partial charge in [0, 0.05) is 19.8 Å². The lowest BCUT2D eigenvalue weighted by Crippen LogP contribution is -2.14. The van der Waals surface area contributed by atoms with E-state index in [4.69, 9.17) is 5.84 Å². The first-order chi connectivity index (χ1) is 9.61. The van der Waals surface area contributed by atoms with E-state index in [1.807, 2.05) is 13.2 Å². The quantitative estimate of drug-likeness (QED) is 0.383. The lowest BCUT2D eigenvalue weighted by atomic mass is 10.2. The van der Waals surface area contributed by atoms with E-state index in [2.05, 4.69) is 25.8 Å². The second kappa shape index (κ2) is 5.93. The summed E-state index contributed by atoms with van der Waals surface area (Å²) >= 11 is 0. The number of hydrazine groups is 1. The van der Waals surface area contributed by atoms with Gasteiger partial charge in [0.15, 0.2) is 0 Å². The average Bonchev–Trinajstić information content (AvgIpc) is 2.83. The third-order valence-electron chi connectivity index (χ3n) is 2.61. The number of hydrogen-bond donors (Lipinski definition) is 3. The van der Waals surface area contributed by atoms with Crippen LogP contribution in [0.1, 0.15) is 5.56 Å². The van der Waals surface area contributed by atoms with Crippen LogP contribution in [0.25, 0.3) is 0 Å². The molecule has 0 aliphatic heterocycles. The molecule has 0 amide bonds. The van der Waals surface area contributed by atoms with Crippen LogP contribution >= 0.6 is 0 Å². The predicted molar refractivity (Wildman–Crippen MR) is 71.9 cm³/mol. The lowest BCUT2D eigenvalue weighted by Gasteiger charge is -2.07. The topological polar surface area (TPSA) is 137 Å². The molecule has 0 aliphatic carbocycles. The second-order valence-corrected chi connectivity index (χ2v) is 4.02. The molecule has 0 radical (unpaired) electrons. The van der Waals surface area contributed by atoms with E-state index >= 15 is 0 Å². The number of nitrogens with one attached hydrogen (secondary N) is 2. The Labute approximate surface area is 114 Å². The summed E-state index contributed by atoms with van der Waals surface area (Å²) in [4.78, 5) is 18.0. The second-order valence-electron chi connectivity index (χ2n) is 4.02. The largest absolute Gasteiger partial charge is 0.364 e. The van der Waals surface area contributed by atoms with Gasteiger partial charge in [-0.25, -0.2) is 15.8 Å². The van der Waals surface area contributed by atoms with Crippen molar-refractivity contribution in [2.45, 2.75) is 6.42 Å². The van der Waals surface area contributed by atoms with Crippen molar-refractivity contribution >= 4 is 17.3 Å². The summed E-state index contributed by atoms with van der Waals surface area (Å²) in [7, 11) is 1.82. The van der Waals surface area contributed by atoms with Crippen molar-refractivity contribution in [1.29, 1.82) is 0 Å². The summed E-state index contributed by atoms with van der Waals surface area (Å²) < 4.78 is 1.69. The number of rotatable bonds is 6. The average molecular weight is 278 g/mol. The van der Waals surface area contributed by atoms with Crippen molar-refractivity contribution in [1.82, 2.24) is 19.7 Å². The number of nitrogens with two attached hydrogens (primary N) is 1. The number of aryl methyl sites for hydroxylation is 1. The van der Waals surface area contributed by atoms with Crippen molar-refractivity contribution in [2.75, 3.05) is 17.3 Å². The summed E-state index contributed by atoms with van der Waals surface area (Å²) in [5, 5.41) is 18.0. The molecule has 2 heterocycles. The van der Waals surface area contributed by atoms with Gasteiger partial charge in [-0.1, -0.05) is 0 Å². The highest BCUT2D eigenvalue weighted by Crippen LogP contribution is 2.27. The van der Waals surface area contributed by atoms with Crippen molar-refractivity contribution < 1.29 is 4.92 Å². The van der Waals surface area contributed by atoms with Crippen molar-refractivity contribution in [3.63, 3.8) is 0 Å². The molecular formula is C10H14N8O2. The van der Waals surface area contributed by atoms with Gasteiger partial charge in [0.25, 0.3) is 0 Å². The Balaban J connectivity index is 2.07. The van der Waals surface area contributed by atoms with Gasteiger partial charge in [-0.2, -0.15) is 5.10 Å². The first-order valence-corrected chi connectivity index (χ1v) is 5.79. The maximum atomic E-state index is 11.0. The molecule has 0 aliphatic rings. The molecule has 10 nitrogen and oxygen atoms in total. The molecule has 2 aromatic heterocycles. The molecular weight excluding hydrogens is 264 g/mol. The van der Waals surface area contributed by atoms with Crippen molar-refractivity contribution in [2.24, 2.45) is 12.9 Å². The summed E-state index contributed by atoms with van der Waals surface area (Å²) in [6, 6.07) is 0. The van der Waals surface area contributed by atoms with Crippen molar-refractivity contribution in [3.8, 4) is 0 Å². The Bertz CT molecular complexity index is 611. The van der Waals surface area contributed by atoms with E-state index in [1.165, 1.54) is 6.33 Å². The van der Waals surface area contributed by atoms with Crippen LogP contribution in [0.4, 0.5) is 17.3 Å². The number of aromatic nitrogens is 4. The van der Waals surface area contributed by atoms with E-state index < -0.39 is 4.92 Å². The third kappa shape index (κ3) is 2.98. The van der Waals surface area contributed by atoms with Gasteiger partial charge < -0.3 is 10.7 Å². The third-order valence-corrected chi connectivity index (χ3v) is 2.61. The number of hydrogen-bond acceptors (Lipinski definition) is 8. The zero-order valence-corrected chi connectivity index (χ0v) is 10.8. The Kier molecular flexibility index (Phi) is 4.05. The molecule has 106 valence electrons. The van der Waals surface area contributed by atoms with Crippen LogP contribution in [0.5, 0.6) is 0 Å². The molecule has 0 aromatic carbocycles. The molecule has 0 saturated heterocycles. The van der Waals surface area contributed by atoms with Gasteiger partial charge in [-0.05, 0) is 12.0 Å². The smallest absolute Gasteiger partial charge is 0.354 e. The normalized spacial score (nSPS) is 10.3. The molecule has 0 atom stereocenters. The minimum atomic E-state index is -0.582. The molecule has 0 saturated carbocycles. The van der Waals surface area contributed by atoms with E-state index in [0.717, 1.165) is 5.56 Å². The van der Waals surface area contributed by atoms with E-state index in [9.17, 15) is 10.1 Å². The number of nitrogens with zero attached hydrogens (tertiary/aromatic N) is 5. The summed E-state index contributed by atoms with van der Waals surface area (Å²) in [5.74, 6) is 5.29. The molecule has 2 rings (SSSR count). The maximum Gasteiger partial charge on any atom is 0.354 e. The molecule has 0 bridgehead atoms. The number of nitro groups is 1. The highest BCUT2D eigenvalue weighted by Gasteiger charge is 2.21. The number of anilines is 2. The molecule has 0 spiro atoms. The van der Waals surface area contributed by atoms with Gasteiger partial charge in [-0.15, -0.1) is 0 Å². The minimum absolute atomic E-state index is 0.0334. The standard InChI is InChI=1S/C10H14N8O2/c1-17-5-7(4-15-17)2-3-12-9-8(18(19)20)10(16-11)14-6-13-9/h4-6H,2-3,11H2,1H3,(H2,12,13,14,16). The van der Waals surface area contributed by atoms with Crippen LogP contribution in [0.15, 0.2) is 18.7 Å². The first kappa shape index (κ1) is 13.7. The van der Waals surface area contributed by atoms with Crippen LogP contribution in [0, 0.1) is 10.1 Å². The molecule has 2 aromatic rings. The summed E-state index contributed by atoms with van der Waals surface area (Å²) in [6.45, 7) is 0.480. The molecule has 10 heteroatoms. The minimum Gasteiger partial charge on any atom is -0.364 e.